The highest BCUT2D eigenvalue weighted by atomic mass is 28.4. The first kappa shape index (κ1) is 16.1. The Labute approximate surface area is 116 Å². The lowest BCUT2D eigenvalue weighted by Gasteiger charge is -2.30. The number of nitrogens with zero attached hydrogens (tertiary/aromatic N) is 1. The third-order valence-electron chi connectivity index (χ3n) is 3.34. The van der Waals surface area contributed by atoms with E-state index in [-0.39, 0.29) is 6.17 Å². The van der Waals surface area contributed by atoms with Gasteiger partial charge < -0.3 is 23.9 Å². The minimum absolute atomic E-state index is 0.102. The standard InChI is InChI=1S/C13H24N2O3Si/c1-15(12-8-6-5-7-9-12)13(14)10-11-19(16-2,17-3)18-4/h5-9,13H,10-11,14H2,1-4H3. The molecule has 0 bridgehead atoms. The average Bonchev–Trinajstić information content (AvgIpc) is 2.49. The Kier molecular flexibility index (Phi) is 6.46. The van der Waals surface area contributed by atoms with Crippen LogP contribution in [0.4, 0.5) is 5.69 Å². The molecule has 0 aliphatic rings. The molecule has 0 aliphatic heterocycles. The summed E-state index contributed by atoms with van der Waals surface area (Å²) in [4.78, 5) is 2.04. The van der Waals surface area contributed by atoms with Crippen LogP contribution < -0.4 is 10.6 Å². The first-order valence-electron chi connectivity index (χ1n) is 6.27. The topological polar surface area (TPSA) is 57.0 Å². The summed E-state index contributed by atoms with van der Waals surface area (Å²) < 4.78 is 16.2. The van der Waals surface area contributed by atoms with Crippen LogP contribution in [0.3, 0.4) is 0 Å². The lowest BCUT2D eigenvalue weighted by atomic mass is 10.2. The molecule has 2 N–H and O–H groups in total. The molecule has 0 saturated carbocycles. The van der Waals surface area contributed by atoms with E-state index >= 15 is 0 Å². The van der Waals surface area contributed by atoms with Gasteiger partial charge in [0.1, 0.15) is 0 Å². The Balaban J connectivity index is 2.58. The molecular weight excluding hydrogens is 260 g/mol. The molecule has 1 aromatic rings. The molecule has 1 atom stereocenters. The number of hydrogen-bond donors (Lipinski definition) is 1. The second-order valence-corrected chi connectivity index (χ2v) is 7.44. The number of rotatable bonds is 8. The first-order valence-corrected chi connectivity index (χ1v) is 8.20. The van der Waals surface area contributed by atoms with Gasteiger partial charge in [0.05, 0.1) is 6.17 Å². The Morgan fingerprint density at radius 3 is 2.11 bits per heavy atom. The Bertz CT molecular complexity index is 352. The van der Waals surface area contributed by atoms with Gasteiger partial charge in [-0.3, -0.25) is 0 Å². The van der Waals surface area contributed by atoms with E-state index in [0.717, 1.165) is 12.1 Å². The highest BCUT2D eigenvalue weighted by Crippen LogP contribution is 2.19. The molecule has 0 radical (unpaired) electrons. The van der Waals surface area contributed by atoms with Gasteiger partial charge in [0.2, 0.25) is 0 Å². The zero-order valence-corrected chi connectivity index (χ0v) is 13.1. The van der Waals surface area contributed by atoms with Crippen molar-refractivity contribution in [1.29, 1.82) is 0 Å². The molecular formula is C13H24N2O3Si. The lowest BCUT2D eigenvalue weighted by Crippen LogP contribution is -2.46. The van der Waals surface area contributed by atoms with E-state index in [1.165, 1.54) is 0 Å². The van der Waals surface area contributed by atoms with E-state index in [2.05, 4.69) is 0 Å². The van der Waals surface area contributed by atoms with Crippen molar-refractivity contribution in [3.63, 3.8) is 0 Å². The van der Waals surface area contributed by atoms with Crippen molar-refractivity contribution in [2.75, 3.05) is 33.3 Å². The Hall–Kier alpha value is -0.923. The maximum Gasteiger partial charge on any atom is 0.500 e. The predicted octanol–water partition coefficient (Wildman–Crippen LogP) is 1.68. The molecule has 0 fully saturated rings. The second kappa shape index (κ2) is 7.61. The first-order chi connectivity index (χ1) is 9.08. The van der Waals surface area contributed by atoms with Gasteiger partial charge in [0.15, 0.2) is 0 Å². The molecule has 1 unspecified atom stereocenters. The summed E-state index contributed by atoms with van der Waals surface area (Å²) in [6.45, 7) is 0. The van der Waals surface area contributed by atoms with Crippen molar-refractivity contribution >= 4 is 14.5 Å². The van der Waals surface area contributed by atoms with E-state index in [9.17, 15) is 0 Å². The fourth-order valence-electron chi connectivity index (χ4n) is 1.93. The van der Waals surface area contributed by atoms with Crippen molar-refractivity contribution < 1.29 is 13.3 Å². The minimum Gasteiger partial charge on any atom is -0.377 e. The maximum absolute atomic E-state index is 6.20. The summed E-state index contributed by atoms with van der Waals surface area (Å²) >= 11 is 0. The van der Waals surface area contributed by atoms with Crippen molar-refractivity contribution in [3.05, 3.63) is 30.3 Å². The molecule has 108 valence electrons. The maximum atomic E-state index is 6.20. The highest BCUT2D eigenvalue weighted by molar-refractivity contribution is 6.60. The summed E-state index contributed by atoms with van der Waals surface area (Å²) in [6, 6.07) is 10.7. The summed E-state index contributed by atoms with van der Waals surface area (Å²) in [5.41, 5.74) is 7.29. The van der Waals surface area contributed by atoms with Crippen LogP contribution in [-0.4, -0.2) is 43.3 Å². The Morgan fingerprint density at radius 2 is 1.63 bits per heavy atom. The largest absolute Gasteiger partial charge is 0.500 e. The van der Waals surface area contributed by atoms with E-state index in [1.807, 2.05) is 42.3 Å². The monoisotopic (exact) mass is 284 g/mol. The zero-order valence-electron chi connectivity index (χ0n) is 12.1. The molecule has 0 heterocycles. The van der Waals surface area contributed by atoms with Gasteiger partial charge in [-0.15, -0.1) is 0 Å². The van der Waals surface area contributed by atoms with E-state index in [4.69, 9.17) is 19.0 Å². The number of para-hydroxylation sites is 1. The molecule has 0 amide bonds. The molecule has 19 heavy (non-hydrogen) atoms. The second-order valence-electron chi connectivity index (χ2n) is 4.35. The SMILES string of the molecule is CO[Si](CCC(N)N(C)c1ccccc1)(OC)OC. The van der Waals surface area contributed by atoms with E-state index in [1.54, 1.807) is 21.3 Å². The van der Waals surface area contributed by atoms with Gasteiger partial charge in [-0.05, 0) is 18.6 Å². The van der Waals surface area contributed by atoms with Crippen LogP contribution >= 0.6 is 0 Å². The van der Waals surface area contributed by atoms with Crippen LogP contribution in [-0.2, 0) is 13.3 Å². The summed E-state index contributed by atoms with van der Waals surface area (Å²) in [7, 11) is 4.30. The number of hydrogen-bond acceptors (Lipinski definition) is 5. The quantitative estimate of drug-likeness (QED) is 0.581. The number of nitrogens with two attached hydrogens (primary N) is 1. The van der Waals surface area contributed by atoms with Crippen molar-refractivity contribution in [2.24, 2.45) is 5.73 Å². The van der Waals surface area contributed by atoms with Crippen molar-refractivity contribution in [2.45, 2.75) is 18.6 Å². The van der Waals surface area contributed by atoms with Crippen LogP contribution in [0.25, 0.3) is 0 Å². The zero-order chi connectivity index (χ0) is 14.3. The van der Waals surface area contributed by atoms with Gasteiger partial charge in [-0.25, -0.2) is 0 Å². The van der Waals surface area contributed by atoms with Crippen LogP contribution in [0.5, 0.6) is 0 Å². The molecule has 6 heteroatoms. The fraction of sp³-hybridized carbons (Fsp3) is 0.538. The van der Waals surface area contributed by atoms with Gasteiger partial charge >= 0.3 is 8.80 Å². The molecule has 0 aliphatic carbocycles. The summed E-state index contributed by atoms with van der Waals surface area (Å²) in [5, 5.41) is 0. The number of benzene rings is 1. The molecule has 1 aromatic carbocycles. The van der Waals surface area contributed by atoms with Crippen LogP contribution in [0.15, 0.2) is 30.3 Å². The third-order valence-corrected chi connectivity index (χ3v) is 6.11. The molecule has 0 spiro atoms. The van der Waals surface area contributed by atoms with Crippen LogP contribution in [0, 0.1) is 0 Å². The Morgan fingerprint density at radius 1 is 1.11 bits per heavy atom. The lowest BCUT2D eigenvalue weighted by molar-refractivity contribution is 0.122. The normalized spacial score (nSPS) is 13.3. The molecule has 0 aromatic heterocycles. The predicted molar refractivity (Wildman–Crippen MR) is 79.0 cm³/mol. The van der Waals surface area contributed by atoms with Crippen LogP contribution in [0.2, 0.25) is 6.04 Å². The van der Waals surface area contributed by atoms with Crippen molar-refractivity contribution in [3.8, 4) is 0 Å². The van der Waals surface area contributed by atoms with Gasteiger partial charge in [0, 0.05) is 40.1 Å². The third kappa shape index (κ3) is 4.29. The van der Waals surface area contributed by atoms with Gasteiger partial charge in [-0.1, -0.05) is 18.2 Å². The fourth-order valence-corrected chi connectivity index (χ4v) is 3.69. The van der Waals surface area contributed by atoms with E-state index < -0.39 is 8.80 Å². The van der Waals surface area contributed by atoms with Gasteiger partial charge in [-0.2, -0.15) is 0 Å². The minimum atomic E-state index is -2.53. The van der Waals surface area contributed by atoms with Crippen LogP contribution in [0.1, 0.15) is 6.42 Å². The molecule has 0 saturated heterocycles. The van der Waals surface area contributed by atoms with E-state index in [0.29, 0.717) is 6.04 Å². The summed E-state index contributed by atoms with van der Waals surface area (Å²) in [5.74, 6) is 0. The molecule has 1 rings (SSSR count). The van der Waals surface area contributed by atoms with Gasteiger partial charge in [0.25, 0.3) is 0 Å². The van der Waals surface area contributed by atoms with Crippen molar-refractivity contribution in [1.82, 2.24) is 0 Å². The number of anilines is 1. The highest BCUT2D eigenvalue weighted by Gasteiger charge is 2.38. The molecule has 5 nitrogen and oxygen atoms in total. The average molecular weight is 284 g/mol. The smallest absolute Gasteiger partial charge is 0.377 e. The summed E-state index contributed by atoms with van der Waals surface area (Å²) in [6.07, 6.45) is 0.641.